The largest absolute Gasteiger partial charge is 0.416 e. The fourth-order valence-electron chi connectivity index (χ4n) is 3.67. The molecule has 3 aromatic rings. The molecule has 5 nitrogen and oxygen atoms in total. The standard InChI is InChI=1S/C25H23F6N3O2/c1-15-5-3-4-6-19(15)20-12-22(32-7-8-35)33-13-21(20)23(36)34(2)14-16-9-17(24(26,27)28)11-18(10-16)25(29,30)31/h3-6,9-13,35H,7-8,14H2,1-2H3,(H,32,33). The van der Waals surface area contributed by atoms with Gasteiger partial charge in [0.15, 0.2) is 0 Å². The van der Waals surface area contributed by atoms with Crippen LogP contribution in [0, 0.1) is 6.92 Å². The molecule has 192 valence electrons. The van der Waals surface area contributed by atoms with Gasteiger partial charge in [-0.3, -0.25) is 4.79 Å². The minimum Gasteiger partial charge on any atom is -0.395 e. The second-order valence-electron chi connectivity index (χ2n) is 8.16. The van der Waals surface area contributed by atoms with Crippen LogP contribution < -0.4 is 5.32 Å². The van der Waals surface area contributed by atoms with Crippen LogP contribution >= 0.6 is 0 Å². The summed E-state index contributed by atoms with van der Waals surface area (Å²) in [5.74, 6) is -0.255. The predicted molar refractivity (Wildman–Crippen MR) is 122 cm³/mol. The lowest BCUT2D eigenvalue weighted by Gasteiger charge is -2.22. The number of carbonyl (C=O) groups is 1. The molecule has 0 saturated heterocycles. The van der Waals surface area contributed by atoms with Crippen LogP contribution in [0.2, 0.25) is 0 Å². The van der Waals surface area contributed by atoms with Crippen molar-refractivity contribution in [1.29, 1.82) is 0 Å². The Hall–Kier alpha value is -3.60. The summed E-state index contributed by atoms with van der Waals surface area (Å²) < 4.78 is 79.3. The van der Waals surface area contributed by atoms with Crippen molar-refractivity contribution in [3.05, 3.63) is 82.5 Å². The minimum atomic E-state index is -4.99. The number of amides is 1. The number of alkyl halides is 6. The minimum absolute atomic E-state index is 0.0453. The number of aromatic nitrogens is 1. The molecule has 2 N–H and O–H groups in total. The Labute approximate surface area is 203 Å². The van der Waals surface area contributed by atoms with Gasteiger partial charge in [-0.15, -0.1) is 0 Å². The number of benzene rings is 2. The predicted octanol–water partition coefficient (Wildman–Crippen LogP) is 5.77. The van der Waals surface area contributed by atoms with Crippen molar-refractivity contribution in [2.24, 2.45) is 0 Å². The first-order chi connectivity index (χ1) is 16.8. The third-order valence-electron chi connectivity index (χ3n) is 5.40. The average Bonchev–Trinajstić information content (AvgIpc) is 2.81. The summed E-state index contributed by atoms with van der Waals surface area (Å²) >= 11 is 0. The van der Waals surface area contributed by atoms with Crippen molar-refractivity contribution >= 4 is 11.7 Å². The zero-order valence-corrected chi connectivity index (χ0v) is 19.3. The molecule has 0 aliphatic heterocycles. The Morgan fingerprint density at radius 2 is 1.58 bits per heavy atom. The van der Waals surface area contributed by atoms with Gasteiger partial charge in [-0.25, -0.2) is 4.98 Å². The maximum Gasteiger partial charge on any atom is 0.416 e. The molecule has 0 aliphatic rings. The lowest BCUT2D eigenvalue weighted by Crippen LogP contribution is -2.27. The molecule has 0 bridgehead atoms. The summed E-state index contributed by atoms with van der Waals surface area (Å²) in [6, 6.07) is 10.0. The number of aryl methyl sites for hydroxylation is 1. The summed E-state index contributed by atoms with van der Waals surface area (Å²) in [6.07, 6.45) is -8.69. The van der Waals surface area contributed by atoms with E-state index in [2.05, 4.69) is 10.3 Å². The van der Waals surface area contributed by atoms with Crippen LogP contribution in [0.4, 0.5) is 32.2 Å². The fourth-order valence-corrected chi connectivity index (χ4v) is 3.67. The van der Waals surface area contributed by atoms with Crippen LogP contribution in [0.25, 0.3) is 11.1 Å². The maximum absolute atomic E-state index is 13.3. The SMILES string of the molecule is Cc1ccccc1-c1cc(NCCO)ncc1C(=O)N(C)Cc1cc(C(F)(F)F)cc(C(F)(F)F)c1. The van der Waals surface area contributed by atoms with Crippen molar-refractivity contribution in [2.75, 3.05) is 25.5 Å². The quantitative estimate of drug-likeness (QED) is 0.396. The Balaban J connectivity index is 2.00. The van der Waals surface area contributed by atoms with E-state index in [0.717, 1.165) is 10.5 Å². The molecule has 11 heteroatoms. The Morgan fingerprint density at radius 1 is 0.972 bits per heavy atom. The van der Waals surface area contributed by atoms with Crippen LogP contribution in [0.15, 0.2) is 54.7 Å². The van der Waals surface area contributed by atoms with E-state index in [4.69, 9.17) is 5.11 Å². The highest BCUT2D eigenvalue weighted by molar-refractivity contribution is 6.01. The zero-order valence-electron chi connectivity index (χ0n) is 19.3. The molecule has 3 rings (SSSR count). The van der Waals surface area contributed by atoms with Gasteiger partial charge >= 0.3 is 12.4 Å². The van der Waals surface area contributed by atoms with Gasteiger partial charge in [0.05, 0.1) is 23.3 Å². The molecule has 1 amide bonds. The molecule has 0 aliphatic carbocycles. The van der Waals surface area contributed by atoms with Crippen LogP contribution in [0.3, 0.4) is 0 Å². The highest BCUT2D eigenvalue weighted by Gasteiger charge is 2.37. The topological polar surface area (TPSA) is 65.5 Å². The number of pyridine rings is 1. The highest BCUT2D eigenvalue weighted by Crippen LogP contribution is 2.37. The van der Waals surface area contributed by atoms with Gasteiger partial charge < -0.3 is 15.3 Å². The number of nitrogens with one attached hydrogen (secondary N) is 1. The molecule has 36 heavy (non-hydrogen) atoms. The Morgan fingerprint density at radius 3 is 2.14 bits per heavy atom. The number of halogens is 6. The molecule has 0 radical (unpaired) electrons. The Kier molecular flexibility index (Phi) is 7.92. The molecule has 1 aromatic heterocycles. The van der Waals surface area contributed by atoms with Crippen molar-refractivity contribution in [3.8, 4) is 11.1 Å². The first-order valence-electron chi connectivity index (χ1n) is 10.8. The molecule has 0 atom stereocenters. The number of aliphatic hydroxyl groups excluding tert-OH is 1. The molecule has 0 unspecified atom stereocenters. The van der Waals surface area contributed by atoms with Gasteiger partial charge in [-0.2, -0.15) is 26.3 Å². The molecular weight excluding hydrogens is 488 g/mol. The van der Waals surface area contributed by atoms with Crippen molar-refractivity contribution < 1.29 is 36.2 Å². The van der Waals surface area contributed by atoms with E-state index >= 15 is 0 Å². The van der Waals surface area contributed by atoms with Crippen LogP contribution in [0.1, 0.15) is 32.6 Å². The third-order valence-corrected chi connectivity index (χ3v) is 5.40. The summed E-state index contributed by atoms with van der Waals surface area (Å²) in [5, 5.41) is 12.0. The number of carbonyl (C=O) groups excluding carboxylic acids is 1. The molecule has 1 heterocycles. The van der Waals surface area contributed by atoms with Gasteiger partial charge in [-0.05, 0) is 53.4 Å². The fraction of sp³-hybridized carbons (Fsp3) is 0.280. The maximum atomic E-state index is 13.3. The van der Waals surface area contributed by atoms with Gasteiger partial charge in [0.2, 0.25) is 0 Å². The van der Waals surface area contributed by atoms with E-state index in [0.29, 0.717) is 29.1 Å². The number of hydrogen-bond acceptors (Lipinski definition) is 4. The van der Waals surface area contributed by atoms with Crippen molar-refractivity contribution in [1.82, 2.24) is 9.88 Å². The van der Waals surface area contributed by atoms with E-state index in [1.807, 2.05) is 19.1 Å². The number of anilines is 1. The van der Waals surface area contributed by atoms with E-state index in [1.54, 1.807) is 18.2 Å². The van der Waals surface area contributed by atoms with Gasteiger partial charge in [0.25, 0.3) is 5.91 Å². The van der Waals surface area contributed by atoms with E-state index in [9.17, 15) is 31.1 Å². The summed E-state index contributed by atoms with van der Waals surface area (Å²) in [6.45, 7) is 1.39. The van der Waals surface area contributed by atoms with E-state index in [1.165, 1.54) is 13.2 Å². The van der Waals surface area contributed by atoms with Gasteiger partial charge in [0.1, 0.15) is 5.82 Å². The lowest BCUT2D eigenvalue weighted by atomic mass is 9.96. The number of aliphatic hydroxyl groups is 1. The second kappa shape index (κ2) is 10.6. The monoisotopic (exact) mass is 511 g/mol. The molecule has 2 aromatic carbocycles. The molecule has 0 spiro atoms. The number of hydrogen-bond donors (Lipinski definition) is 2. The normalized spacial score (nSPS) is 11.9. The first-order valence-corrected chi connectivity index (χ1v) is 10.8. The van der Waals surface area contributed by atoms with Gasteiger partial charge in [-0.1, -0.05) is 24.3 Å². The lowest BCUT2D eigenvalue weighted by molar-refractivity contribution is -0.143. The number of rotatable bonds is 7. The van der Waals surface area contributed by atoms with Crippen LogP contribution in [-0.4, -0.2) is 41.1 Å². The second-order valence-corrected chi connectivity index (χ2v) is 8.16. The van der Waals surface area contributed by atoms with Crippen molar-refractivity contribution in [3.63, 3.8) is 0 Å². The van der Waals surface area contributed by atoms with Crippen LogP contribution in [0.5, 0.6) is 0 Å². The van der Waals surface area contributed by atoms with E-state index < -0.39 is 35.9 Å². The highest BCUT2D eigenvalue weighted by atomic mass is 19.4. The summed E-state index contributed by atoms with van der Waals surface area (Å²) in [4.78, 5) is 18.5. The molecule has 0 saturated carbocycles. The average molecular weight is 511 g/mol. The van der Waals surface area contributed by atoms with Crippen LogP contribution in [-0.2, 0) is 18.9 Å². The summed E-state index contributed by atoms with van der Waals surface area (Å²) in [5.41, 5.74) is -1.10. The van der Waals surface area contributed by atoms with Crippen molar-refractivity contribution in [2.45, 2.75) is 25.8 Å². The van der Waals surface area contributed by atoms with E-state index in [-0.39, 0.29) is 30.3 Å². The Bertz CT molecular complexity index is 1210. The molecular formula is C25H23F6N3O2. The smallest absolute Gasteiger partial charge is 0.395 e. The van der Waals surface area contributed by atoms with Gasteiger partial charge in [0, 0.05) is 26.3 Å². The third kappa shape index (κ3) is 6.34. The summed E-state index contributed by atoms with van der Waals surface area (Å²) in [7, 11) is 1.29. The first kappa shape index (κ1) is 27.0. The molecule has 0 fully saturated rings. The number of nitrogens with zero attached hydrogens (tertiary/aromatic N) is 2. The zero-order chi connectivity index (χ0) is 26.7.